The average Bonchev–Trinajstić information content (AvgIpc) is 3.29. The Morgan fingerprint density at radius 1 is 1.27 bits per heavy atom. The van der Waals surface area contributed by atoms with Gasteiger partial charge in [0.2, 0.25) is 0 Å². The van der Waals surface area contributed by atoms with E-state index in [1.54, 1.807) is 39.1 Å². The molecule has 0 fully saturated rings. The van der Waals surface area contributed by atoms with Gasteiger partial charge < -0.3 is 13.7 Å². The lowest BCUT2D eigenvalue weighted by Crippen LogP contribution is -2.26. The van der Waals surface area contributed by atoms with Gasteiger partial charge in [0.1, 0.15) is 11.4 Å². The predicted octanol–water partition coefficient (Wildman–Crippen LogP) is 5.88. The Kier molecular flexibility index (Phi) is 6.84. The van der Waals surface area contributed by atoms with Crippen LogP contribution in [0.15, 0.2) is 40.1 Å². The summed E-state index contributed by atoms with van der Waals surface area (Å²) < 4.78 is 32.1. The third-order valence-corrected chi connectivity index (χ3v) is 5.79. The molecule has 6 nitrogen and oxygen atoms in total. The molecule has 0 spiro atoms. The van der Waals surface area contributed by atoms with E-state index in [0.717, 1.165) is 21.8 Å². The Morgan fingerprint density at radius 2 is 2.03 bits per heavy atom. The average molecular weight is 452 g/mol. The maximum absolute atomic E-state index is 14.6. The summed E-state index contributed by atoms with van der Waals surface area (Å²) in [5.74, 6) is -0.833. The summed E-state index contributed by atoms with van der Waals surface area (Å²) in [7, 11) is 1.33. The third kappa shape index (κ3) is 5.21. The first kappa shape index (κ1) is 22.3. The minimum atomic E-state index is -0.702. The van der Waals surface area contributed by atoms with Crippen molar-refractivity contribution in [3.05, 3.63) is 41.7 Å². The van der Waals surface area contributed by atoms with Gasteiger partial charge in [-0.25, -0.2) is 13.8 Å². The number of carbonyl (C=O) groups is 2. The molecule has 0 bridgehead atoms. The Labute approximate surface area is 182 Å². The molecule has 9 heteroatoms. The highest BCUT2D eigenvalue weighted by molar-refractivity contribution is 7.96. The number of fused-ring (bicyclic) bond motifs is 1. The molecule has 160 valence electrons. The maximum atomic E-state index is 14.6. The van der Waals surface area contributed by atoms with Crippen LogP contribution in [0.1, 0.15) is 27.2 Å². The standard InChI is InChI=1S/C21H22FNO5S2/c1-21(2,3)28-20(25)23-11-15(14-6-5-7-16(22)19(14)23)13-10-18(29-12-13)30-27-9-8-17(24)26-4/h5-7,10-12H,8-9H2,1-4H3. The molecule has 3 aromatic rings. The zero-order chi connectivity index (χ0) is 21.9. The molecule has 2 heterocycles. The van der Waals surface area contributed by atoms with E-state index in [9.17, 15) is 14.0 Å². The minimum absolute atomic E-state index is 0.171. The third-order valence-electron chi connectivity index (χ3n) is 4.01. The van der Waals surface area contributed by atoms with E-state index in [1.165, 1.54) is 29.1 Å². The summed E-state index contributed by atoms with van der Waals surface area (Å²) >= 11 is 2.61. The van der Waals surface area contributed by atoms with Crippen molar-refractivity contribution >= 4 is 46.3 Å². The van der Waals surface area contributed by atoms with Crippen LogP contribution in [0.4, 0.5) is 9.18 Å². The molecule has 0 aliphatic heterocycles. The van der Waals surface area contributed by atoms with Gasteiger partial charge in [0, 0.05) is 29.2 Å². The number of halogens is 1. The van der Waals surface area contributed by atoms with E-state index in [4.69, 9.17) is 8.92 Å². The molecule has 0 aliphatic rings. The van der Waals surface area contributed by atoms with E-state index < -0.39 is 17.5 Å². The summed E-state index contributed by atoms with van der Waals surface area (Å²) in [6, 6.07) is 6.59. The number of esters is 1. The zero-order valence-electron chi connectivity index (χ0n) is 17.1. The van der Waals surface area contributed by atoms with Crippen molar-refractivity contribution in [1.29, 1.82) is 0 Å². The van der Waals surface area contributed by atoms with Gasteiger partial charge in [0.25, 0.3) is 0 Å². The SMILES string of the molecule is COC(=O)CCOSc1cc(-c2cn(C(=O)OC(C)(C)C)c3c(F)cccc23)cs1. The quantitative estimate of drug-likeness (QED) is 0.265. The van der Waals surface area contributed by atoms with Crippen molar-refractivity contribution in [2.45, 2.75) is 37.0 Å². The number of nitrogens with zero attached hydrogens (tertiary/aromatic N) is 1. The Bertz CT molecular complexity index is 1070. The van der Waals surface area contributed by atoms with Gasteiger partial charge in [-0.1, -0.05) is 12.1 Å². The second-order valence-electron chi connectivity index (χ2n) is 7.41. The molecular formula is C21H22FNO5S2. The molecule has 0 saturated heterocycles. The van der Waals surface area contributed by atoms with Crippen LogP contribution >= 0.6 is 23.4 Å². The van der Waals surface area contributed by atoms with Crippen LogP contribution in [-0.4, -0.2) is 35.9 Å². The molecule has 0 radical (unpaired) electrons. The molecule has 1 aromatic carbocycles. The fourth-order valence-electron chi connectivity index (χ4n) is 2.75. The lowest BCUT2D eigenvalue weighted by atomic mass is 10.1. The van der Waals surface area contributed by atoms with E-state index in [0.29, 0.717) is 10.9 Å². The van der Waals surface area contributed by atoms with Crippen molar-refractivity contribution in [3.8, 4) is 11.1 Å². The number of benzene rings is 1. The number of ether oxygens (including phenoxy) is 2. The van der Waals surface area contributed by atoms with Crippen LogP contribution in [0.25, 0.3) is 22.0 Å². The molecule has 0 amide bonds. The highest BCUT2D eigenvalue weighted by Gasteiger charge is 2.23. The van der Waals surface area contributed by atoms with Gasteiger partial charge in [-0.2, -0.15) is 0 Å². The number of aromatic nitrogens is 1. The second-order valence-corrected chi connectivity index (χ2v) is 9.43. The van der Waals surface area contributed by atoms with Crippen LogP contribution in [0.2, 0.25) is 0 Å². The van der Waals surface area contributed by atoms with Gasteiger partial charge in [0.15, 0.2) is 0 Å². The topological polar surface area (TPSA) is 66.8 Å². The lowest BCUT2D eigenvalue weighted by Gasteiger charge is -2.19. The van der Waals surface area contributed by atoms with Crippen molar-refractivity contribution in [3.63, 3.8) is 0 Å². The van der Waals surface area contributed by atoms with Crippen LogP contribution in [0.3, 0.4) is 0 Å². The molecule has 0 saturated carbocycles. The number of carbonyl (C=O) groups excluding carboxylic acids is 2. The van der Waals surface area contributed by atoms with Crippen molar-refractivity contribution in [2.75, 3.05) is 13.7 Å². The van der Waals surface area contributed by atoms with Gasteiger partial charge in [0.05, 0.1) is 29.9 Å². The van der Waals surface area contributed by atoms with Crippen LogP contribution < -0.4 is 0 Å². The van der Waals surface area contributed by atoms with Gasteiger partial charge in [-0.05, 0) is 43.8 Å². The molecule has 0 aliphatic carbocycles. The molecule has 0 atom stereocenters. The summed E-state index contributed by atoms with van der Waals surface area (Å²) in [4.78, 5) is 23.8. The lowest BCUT2D eigenvalue weighted by molar-refractivity contribution is -0.141. The Hall–Kier alpha value is -2.36. The Balaban J connectivity index is 1.86. The monoisotopic (exact) mass is 451 g/mol. The second kappa shape index (κ2) is 9.20. The largest absolute Gasteiger partial charge is 0.469 e. The first-order chi connectivity index (χ1) is 14.2. The molecule has 3 rings (SSSR count). The normalized spacial score (nSPS) is 11.6. The van der Waals surface area contributed by atoms with Gasteiger partial charge in [-0.15, -0.1) is 11.3 Å². The first-order valence-corrected chi connectivity index (χ1v) is 10.8. The summed E-state index contributed by atoms with van der Waals surface area (Å²) in [5.41, 5.74) is 1.02. The van der Waals surface area contributed by atoms with E-state index in [2.05, 4.69) is 4.74 Å². The number of hydrogen-bond donors (Lipinski definition) is 0. The summed E-state index contributed by atoms with van der Waals surface area (Å²) in [5, 5.41) is 2.52. The highest BCUT2D eigenvalue weighted by Crippen LogP contribution is 2.37. The molecule has 0 N–H and O–H groups in total. The fraction of sp³-hybridized carbons (Fsp3) is 0.333. The van der Waals surface area contributed by atoms with Gasteiger partial charge >= 0.3 is 12.1 Å². The fourth-order valence-corrected chi connectivity index (χ4v) is 4.29. The van der Waals surface area contributed by atoms with Crippen LogP contribution in [0, 0.1) is 5.82 Å². The van der Waals surface area contributed by atoms with Crippen molar-refractivity contribution < 1.29 is 27.6 Å². The van der Waals surface area contributed by atoms with E-state index >= 15 is 0 Å². The van der Waals surface area contributed by atoms with Crippen LogP contribution in [0.5, 0.6) is 0 Å². The number of hydrogen-bond acceptors (Lipinski definition) is 7. The smallest absolute Gasteiger partial charge is 0.419 e. The first-order valence-electron chi connectivity index (χ1n) is 9.17. The highest BCUT2D eigenvalue weighted by atomic mass is 32.2. The number of methoxy groups -OCH3 is 1. The van der Waals surface area contributed by atoms with Crippen molar-refractivity contribution in [2.24, 2.45) is 0 Å². The number of thiophene rings is 1. The predicted molar refractivity (Wildman–Crippen MR) is 115 cm³/mol. The number of rotatable bonds is 6. The van der Waals surface area contributed by atoms with E-state index in [1.807, 2.05) is 11.4 Å². The van der Waals surface area contributed by atoms with E-state index in [-0.39, 0.29) is 24.5 Å². The Morgan fingerprint density at radius 3 is 2.73 bits per heavy atom. The van der Waals surface area contributed by atoms with Crippen molar-refractivity contribution in [1.82, 2.24) is 4.57 Å². The zero-order valence-corrected chi connectivity index (χ0v) is 18.7. The summed E-state index contributed by atoms with van der Waals surface area (Å²) in [6.45, 7) is 5.51. The minimum Gasteiger partial charge on any atom is -0.469 e. The summed E-state index contributed by atoms with van der Waals surface area (Å²) in [6.07, 6.45) is 1.13. The molecule has 2 aromatic heterocycles. The number of para-hydroxylation sites is 1. The molecular weight excluding hydrogens is 429 g/mol. The molecule has 0 unspecified atom stereocenters. The van der Waals surface area contributed by atoms with Gasteiger partial charge in [-0.3, -0.25) is 4.79 Å². The molecule has 30 heavy (non-hydrogen) atoms. The maximum Gasteiger partial charge on any atom is 0.419 e. The van der Waals surface area contributed by atoms with Crippen LogP contribution in [-0.2, 0) is 18.5 Å².